The van der Waals surface area contributed by atoms with Crippen LogP contribution in [-0.4, -0.2) is 47.6 Å². The van der Waals surface area contributed by atoms with E-state index in [1.165, 1.54) is 166 Å². The van der Waals surface area contributed by atoms with Gasteiger partial charge in [-0.1, -0.05) is 98.1 Å². The SMILES string of the molecule is CC(=O)C=C(C)O.CC(=O)C=C(C)O.CC(=O)C=C(C)O.Cc1cc(C(C)(C)C)cc(C)c1-c1cc2cnc(-c3[c-]cccc3)cc2s1.Cc1cc(C)c(-c2cc3cnc(-c4[c-]cccc4)cc3s2)c(C)c1.Cc1cc(C)cc(-c2cc3cnc(-c4[c-]cccc4)cc3s2)c1.[Ir].[Ir].[Ir]. The first-order valence-corrected chi connectivity index (χ1v) is 33.5. The molecule has 0 atom stereocenters. The molecule has 0 saturated carbocycles. The predicted octanol–water partition coefficient (Wildman–Crippen LogP) is 22.9. The second kappa shape index (κ2) is 38.6. The number of allylic oxidation sites excluding steroid dienone is 6. The summed E-state index contributed by atoms with van der Waals surface area (Å²) in [4.78, 5) is 47.8. The van der Waals surface area contributed by atoms with Gasteiger partial charge in [0, 0.05) is 142 Å². The van der Waals surface area contributed by atoms with Crippen molar-refractivity contribution >= 4 is 81.6 Å². The first-order chi connectivity index (χ1) is 45.0. The summed E-state index contributed by atoms with van der Waals surface area (Å²) >= 11 is 5.51. The smallest absolute Gasteiger partial charge is 0.155 e. The number of nitrogens with zero attached hydrogens (tertiary/aromatic N) is 3. The molecule has 3 N–H and O–H groups in total. The average molecular weight is 1890 g/mol. The van der Waals surface area contributed by atoms with Crippen molar-refractivity contribution in [3.8, 4) is 65.1 Å². The maximum atomic E-state index is 10.0. The van der Waals surface area contributed by atoms with Gasteiger partial charge in [0.25, 0.3) is 0 Å². The van der Waals surface area contributed by atoms with E-state index in [1.54, 1.807) is 0 Å². The second-order valence-corrected chi connectivity index (χ2v) is 27.8. The van der Waals surface area contributed by atoms with Crippen LogP contribution < -0.4 is 0 Å². The number of pyridine rings is 3. The summed E-state index contributed by atoms with van der Waals surface area (Å²) in [5.41, 5.74) is 20.9. The van der Waals surface area contributed by atoms with Crippen LogP contribution in [0.4, 0.5) is 0 Å². The molecule has 98 heavy (non-hydrogen) atoms. The van der Waals surface area contributed by atoms with E-state index in [9.17, 15) is 14.4 Å². The topological polar surface area (TPSA) is 151 Å². The number of ketones is 3. The standard InChI is InChI=1S/C25H24NS.C22H18NS.C21H16NS.3C5H8O2.3Ir/c1-16-11-20(25(3,4)5)12-17(2)24(16)23-13-19-15-26-21(14-22(19)27-23)18-9-7-6-8-10-18;1-14-9-15(2)22(16(3)10-14)21-11-18-13-23-19(12-20(18)24-21)17-7-5-4-6-8-17;1-14-8-15(2)10-17(9-14)20-11-18-13-22-19(12-21(18)23-20)16-6-4-3-5-7-16;3*1-4(6)3-5(2)7;;;/h6-9,11-15H,1-5H3;4-7,9-13H,1-3H3;3-6,8-13H,1-2H3;3*3,6H,1-2H3;;;/q3*-1;;;;;;. The minimum atomic E-state index is -0.125. The Kier molecular flexibility index (Phi) is 32.5. The summed E-state index contributed by atoms with van der Waals surface area (Å²) in [6.45, 7) is 30.7. The van der Waals surface area contributed by atoms with Gasteiger partial charge in [-0.05, 0) is 175 Å². The number of aryl methyl sites for hydroxylation is 7. The van der Waals surface area contributed by atoms with Crippen molar-refractivity contribution in [2.45, 2.75) is 116 Å². The van der Waals surface area contributed by atoms with Crippen molar-refractivity contribution in [3.63, 3.8) is 0 Å². The van der Waals surface area contributed by atoms with Crippen molar-refractivity contribution in [1.29, 1.82) is 0 Å². The van der Waals surface area contributed by atoms with Gasteiger partial charge in [-0.3, -0.25) is 14.4 Å². The molecule has 0 aliphatic heterocycles. The molecule has 6 aromatic carbocycles. The van der Waals surface area contributed by atoms with Gasteiger partial charge in [-0.25, -0.2) is 0 Å². The minimum absolute atomic E-state index is 0. The van der Waals surface area contributed by atoms with E-state index in [0.29, 0.717) is 0 Å². The quantitative estimate of drug-likeness (QED) is 0.0729. The molecule has 0 unspecified atom stereocenters. The second-order valence-electron chi connectivity index (χ2n) is 24.6. The fourth-order valence-electron chi connectivity index (χ4n) is 10.6. The van der Waals surface area contributed by atoms with Crippen molar-refractivity contribution in [2.24, 2.45) is 0 Å². The molecule has 12 rings (SSSR count). The Labute approximate surface area is 630 Å². The molecule has 0 saturated heterocycles. The number of fused-ring (bicyclic) bond motifs is 3. The first kappa shape index (κ1) is 82.7. The number of aliphatic hydroxyl groups is 3. The Morgan fingerprint density at radius 3 is 0.969 bits per heavy atom. The first-order valence-electron chi connectivity index (χ1n) is 31.0. The van der Waals surface area contributed by atoms with E-state index in [0.717, 1.165) is 33.8 Å². The maximum Gasteiger partial charge on any atom is 0.155 e. The van der Waals surface area contributed by atoms with Gasteiger partial charge >= 0.3 is 0 Å². The molecule has 0 aliphatic carbocycles. The number of aliphatic hydroxyl groups excluding tert-OH is 3. The van der Waals surface area contributed by atoms with Crippen LogP contribution in [0.5, 0.6) is 0 Å². The zero-order chi connectivity index (χ0) is 69.3. The van der Waals surface area contributed by atoms with E-state index in [2.05, 4.69) is 193 Å². The Bertz CT molecular complexity index is 4630. The molecule has 0 spiro atoms. The number of hydrogen-bond donors (Lipinski definition) is 3. The van der Waals surface area contributed by atoms with Crippen LogP contribution in [0.2, 0.25) is 0 Å². The largest absolute Gasteiger partial charge is 0.512 e. The third kappa shape index (κ3) is 24.6. The van der Waals surface area contributed by atoms with Gasteiger partial charge in [0.05, 0.1) is 17.3 Å². The van der Waals surface area contributed by atoms with Crippen molar-refractivity contribution in [1.82, 2.24) is 15.0 Å². The molecule has 15 heteroatoms. The normalized spacial score (nSPS) is 11.0. The number of rotatable bonds is 9. The molecule has 6 heterocycles. The van der Waals surface area contributed by atoms with Crippen molar-refractivity contribution in [2.75, 3.05) is 0 Å². The Morgan fingerprint density at radius 2 is 0.694 bits per heavy atom. The monoisotopic (exact) mass is 1890 g/mol. The average Bonchev–Trinajstić information content (AvgIpc) is 1.62. The summed E-state index contributed by atoms with van der Waals surface area (Å²) in [5.74, 6) is -0.187. The Morgan fingerprint density at radius 1 is 0.398 bits per heavy atom. The molecule has 9 nitrogen and oxygen atoms in total. The van der Waals surface area contributed by atoms with Crippen LogP contribution in [-0.2, 0) is 80.1 Å². The zero-order valence-electron chi connectivity index (χ0n) is 58.0. The molecule has 12 aromatic rings. The number of hydrogen-bond acceptors (Lipinski definition) is 12. The van der Waals surface area contributed by atoms with Crippen LogP contribution in [0, 0.1) is 66.7 Å². The summed E-state index contributed by atoms with van der Waals surface area (Å²) in [6.07, 6.45) is 9.43. The van der Waals surface area contributed by atoms with E-state index in [1.807, 2.05) is 113 Å². The third-order valence-electron chi connectivity index (χ3n) is 14.5. The van der Waals surface area contributed by atoms with Crippen LogP contribution in [0.25, 0.3) is 95.4 Å². The van der Waals surface area contributed by atoms with Crippen molar-refractivity contribution in [3.05, 3.63) is 268 Å². The summed E-state index contributed by atoms with van der Waals surface area (Å²) < 4.78 is 3.80. The molecule has 513 valence electrons. The van der Waals surface area contributed by atoms with Gasteiger partial charge in [0.2, 0.25) is 0 Å². The van der Waals surface area contributed by atoms with E-state index >= 15 is 0 Å². The predicted molar refractivity (Wildman–Crippen MR) is 401 cm³/mol. The summed E-state index contributed by atoms with van der Waals surface area (Å²) in [6, 6.07) is 62.9. The number of carbonyl (C=O) groups is 3. The van der Waals surface area contributed by atoms with Crippen molar-refractivity contribution < 1.29 is 90.0 Å². The van der Waals surface area contributed by atoms with Gasteiger partial charge in [-0.2, -0.15) is 0 Å². The number of benzene rings is 6. The minimum Gasteiger partial charge on any atom is -0.512 e. The van der Waals surface area contributed by atoms with Gasteiger partial charge in [-0.15, -0.1) is 142 Å². The number of thiophene rings is 3. The molecular formula is C83H82Ir3N3O6S3-3. The van der Waals surface area contributed by atoms with E-state index in [-0.39, 0.29) is 100 Å². The van der Waals surface area contributed by atoms with Crippen LogP contribution in [0.3, 0.4) is 0 Å². The molecule has 6 aromatic heterocycles. The third-order valence-corrected chi connectivity index (χ3v) is 17.8. The summed E-state index contributed by atoms with van der Waals surface area (Å²) in [5, 5.41) is 28.7. The van der Waals surface area contributed by atoms with Gasteiger partial charge < -0.3 is 30.3 Å². The zero-order valence-corrected chi connectivity index (χ0v) is 67.7. The molecule has 0 fully saturated rings. The van der Waals surface area contributed by atoms with Gasteiger partial charge in [0.1, 0.15) is 0 Å². The van der Waals surface area contributed by atoms with Crippen LogP contribution in [0.1, 0.15) is 107 Å². The van der Waals surface area contributed by atoms with Gasteiger partial charge in [0.15, 0.2) is 17.3 Å². The Hall–Kier alpha value is -7.77. The Balaban J connectivity index is 0.000000269. The molecule has 0 amide bonds. The summed E-state index contributed by atoms with van der Waals surface area (Å²) in [7, 11) is 0. The maximum absolute atomic E-state index is 10.0. The molecule has 0 aliphatic rings. The van der Waals surface area contributed by atoms with E-state index in [4.69, 9.17) is 15.3 Å². The van der Waals surface area contributed by atoms with E-state index < -0.39 is 0 Å². The number of aromatic nitrogens is 3. The number of carbonyl (C=O) groups excluding carboxylic acids is 3. The van der Waals surface area contributed by atoms with Crippen LogP contribution >= 0.6 is 34.0 Å². The van der Waals surface area contributed by atoms with Crippen LogP contribution in [0.15, 0.2) is 206 Å². The molecular weight excluding hydrogens is 1810 g/mol. The molecule has 3 radical (unpaired) electrons. The fourth-order valence-corrected chi connectivity index (χ4v) is 14.2. The fraction of sp³-hybridized carbons (Fsp3) is 0.205. The molecule has 0 bridgehead atoms.